The van der Waals surface area contributed by atoms with E-state index in [1.807, 2.05) is 0 Å². The lowest BCUT2D eigenvalue weighted by Crippen LogP contribution is -2.34. The van der Waals surface area contributed by atoms with E-state index >= 15 is 0 Å². The minimum Gasteiger partial charge on any atom is -0.390 e. The summed E-state index contributed by atoms with van der Waals surface area (Å²) in [4.78, 5) is 0. The van der Waals surface area contributed by atoms with Crippen LogP contribution in [0.3, 0.4) is 0 Å². The number of aryl methyl sites for hydroxylation is 1. The maximum Gasteiger partial charge on any atom is 0.0648 e. The lowest BCUT2D eigenvalue weighted by molar-refractivity contribution is -0.0183. The Morgan fingerprint density at radius 1 is 1.17 bits per heavy atom. The molecule has 1 aromatic rings. The van der Waals surface area contributed by atoms with Gasteiger partial charge in [0.25, 0.3) is 0 Å². The third-order valence-electron chi connectivity index (χ3n) is 4.56. The summed E-state index contributed by atoms with van der Waals surface area (Å²) in [5.74, 6) is 0.861. The van der Waals surface area contributed by atoms with Crippen LogP contribution in [0.2, 0.25) is 0 Å². The van der Waals surface area contributed by atoms with Crippen LogP contribution < -0.4 is 0 Å². The molecule has 1 fully saturated rings. The maximum atomic E-state index is 10.6. The molecule has 18 heavy (non-hydrogen) atoms. The van der Waals surface area contributed by atoms with E-state index in [2.05, 4.69) is 37.3 Å². The molecule has 0 heterocycles. The minimum absolute atomic E-state index is 0.361. The van der Waals surface area contributed by atoms with Crippen LogP contribution in [-0.2, 0) is 6.42 Å². The molecule has 1 aliphatic carbocycles. The second kappa shape index (κ2) is 6.38. The van der Waals surface area contributed by atoms with E-state index < -0.39 is 0 Å². The lowest BCUT2D eigenvalue weighted by atomic mass is 9.75. The molecule has 1 saturated carbocycles. The van der Waals surface area contributed by atoms with Crippen LogP contribution in [0.25, 0.3) is 0 Å². The second-order valence-electron chi connectivity index (χ2n) is 5.92. The summed E-state index contributed by atoms with van der Waals surface area (Å²) in [5, 5.41) is 10.6. The fourth-order valence-electron chi connectivity index (χ4n) is 3.14. The van der Waals surface area contributed by atoms with E-state index in [-0.39, 0.29) is 5.60 Å². The van der Waals surface area contributed by atoms with Crippen LogP contribution in [0, 0.1) is 5.92 Å². The number of hydrogen-bond acceptors (Lipinski definition) is 1. The molecule has 1 nitrogen and oxygen atoms in total. The molecule has 100 valence electrons. The maximum absolute atomic E-state index is 10.6. The molecule has 1 heteroatoms. The van der Waals surface area contributed by atoms with Gasteiger partial charge in [0.15, 0.2) is 0 Å². The largest absolute Gasteiger partial charge is 0.390 e. The predicted octanol–water partition coefficient (Wildman–Crippen LogP) is 4.34. The van der Waals surface area contributed by atoms with Crippen molar-refractivity contribution in [2.75, 3.05) is 0 Å². The van der Waals surface area contributed by atoms with Crippen molar-refractivity contribution in [3.8, 4) is 0 Å². The highest BCUT2D eigenvalue weighted by Gasteiger charge is 2.31. The second-order valence-corrected chi connectivity index (χ2v) is 5.92. The Bertz CT molecular complexity index is 336. The summed E-state index contributed by atoms with van der Waals surface area (Å²) in [6.45, 7) is 2.27. The first-order chi connectivity index (χ1) is 8.72. The summed E-state index contributed by atoms with van der Waals surface area (Å²) >= 11 is 0. The highest BCUT2D eigenvalue weighted by atomic mass is 16.3. The molecule has 1 aliphatic rings. The van der Waals surface area contributed by atoms with Crippen molar-refractivity contribution in [2.45, 2.75) is 63.9 Å². The van der Waals surface area contributed by atoms with Gasteiger partial charge in [-0.05, 0) is 56.4 Å². The van der Waals surface area contributed by atoms with Gasteiger partial charge in [-0.15, -0.1) is 0 Å². The zero-order chi connectivity index (χ0) is 12.8. The van der Waals surface area contributed by atoms with Crippen LogP contribution in [0.5, 0.6) is 0 Å². The van der Waals surface area contributed by atoms with Gasteiger partial charge in [-0.25, -0.2) is 0 Å². The molecule has 1 aromatic carbocycles. The Balaban J connectivity index is 1.73. The number of hydrogen-bond donors (Lipinski definition) is 1. The molecular weight excluding hydrogens is 220 g/mol. The fourth-order valence-corrected chi connectivity index (χ4v) is 3.14. The average Bonchev–Trinajstić information content (AvgIpc) is 2.41. The summed E-state index contributed by atoms with van der Waals surface area (Å²) in [6, 6.07) is 10.6. The first-order valence-corrected chi connectivity index (χ1v) is 7.48. The van der Waals surface area contributed by atoms with Crippen molar-refractivity contribution in [2.24, 2.45) is 5.92 Å². The van der Waals surface area contributed by atoms with E-state index in [1.165, 1.54) is 24.8 Å². The van der Waals surface area contributed by atoms with Crippen molar-refractivity contribution in [1.29, 1.82) is 0 Å². The van der Waals surface area contributed by atoms with Crippen LogP contribution >= 0.6 is 0 Å². The third-order valence-corrected chi connectivity index (χ3v) is 4.56. The highest BCUT2D eigenvalue weighted by molar-refractivity contribution is 5.14. The topological polar surface area (TPSA) is 20.2 Å². The summed E-state index contributed by atoms with van der Waals surface area (Å²) < 4.78 is 0. The van der Waals surface area contributed by atoms with Crippen molar-refractivity contribution in [1.82, 2.24) is 0 Å². The molecule has 0 bridgehead atoms. The van der Waals surface area contributed by atoms with Gasteiger partial charge in [0, 0.05) is 0 Å². The number of aliphatic hydroxyl groups is 1. The van der Waals surface area contributed by atoms with E-state index in [0.29, 0.717) is 0 Å². The summed E-state index contributed by atoms with van der Waals surface area (Å²) in [6.07, 6.45) is 8.92. The Labute approximate surface area is 111 Å². The third kappa shape index (κ3) is 3.84. The predicted molar refractivity (Wildman–Crippen MR) is 76.6 cm³/mol. The van der Waals surface area contributed by atoms with Gasteiger partial charge < -0.3 is 5.11 Å². The molecule has 0 radical (unpaired) electrons. The van der Waals surface area contributed by atoms with Gasteiger partial charge in [0.05, 0.1) is 5.60 Å². The standard InChI is InChI=1S/C17H26O/c1-2-15-10-13-17(18,14-11-15)12-6-9-16-7-4-3-5-8-16/h3-5,7-8,15,18H,2,6,9-14H2,1H3. The number of benzene rings is 1. The van der Waals surface area contributed by atoms with Gasteiger partial charge in [0.2, 0.25) is 0 Å². The Morgan fingerprint density at radius 3 is 2.44 bits per heavy atom. The monoisotopic (exact) mass is 246 g/mol. The zero-order valence-corrected chi connectivity index (χ0v) is 11.6. The van der Waals surface area contributed by atoms with E-state index in [4.69, 9.17) is 0 Å². The van der Waals surface area contributed by atoms with Crippen molar-refractivity contribution in [3.63, 3.8) is 0 Å². The average molecular weight is 246 g/mol. The first kappa shape index (κ1) is 13.6. The normalized spacial score (nSPS) is 28.2. The summed E-state index contributed by atoms with van der Waals surface area (Å²) in [7, 11) is 0. The SMILES string of the molecule is CCC1CCC(O)(CCCc2ccccc2)CC1. The van der Waals surface area contributed by atoms with Gasteiger partial charge in [-0.1, -0.05) is 43.7 Å². The van der Waals surface area contributed by atoms with E-state index in [0.717, 1.165) is 38.0 Å². The Morgan fingerprint density at radius 2 is 1.83 bits per heavy atom. The van der Waals surface area contributed by atoms with Gasteiger partial charge >= 0.3 is 0 Å². The van der Waals surface area contributed by atoms with Crippen molar-refractivity contribution < 1.29 is 5.11 Å². The molecule has 0 atom stereocenters. The van der Waals surface area contributed by atoms with E-state index in [1.54, 1.807) is 0 Å². The van der Waals surface area contributed by atoms with Gasteiger partial charge in [-0.2, -0.15) is 0 Å². The van der Waals surface area contributed by atoms with Crippen molar-refractivity contribution >= 4 is 0 Å². The molecule has 2 rings (SSSR count). The minimum atomic E-state index is -0.361. The van der Waals surface area contributed by atoms with Crippen LogP contribution in [-0.4, -0.2) is 10.7 Å². The molecule has 0 saturated heterocycles. The van der Waals surface area contributed by atoms with Crippen LogP contribution in [0.1, 0.15) is 57.4 Å². The fraction of sp³-hybridized carbons (Fsp3) is 0.647. The molecule has 0 amide bonds. The number of rotatable bonds is 5. The molecule has 1 N–H and O–H groups in total. The smallest absolute Gasteiger partial charge is 0.0648 e. The molecule has 0 spiro atoms. The zero-order valence-electron chi connectivity index (χ0n) is 11.6. The summed E-state index contributed by atoms with van der Waals surface area (Å²) in [5.41, 5.74) is 1.03. The quantitative estimate of drug-likeness (QED) is 0.819. The van der Waals surface area contributed by atoms with Crippen LogP contribution in [0.15, 0.2) is 30.3 Å². The lowest BCUT2D eigenvalue weighted by Gasteiger charge is -2.36. The van der Waals surface area contributed by atoms with Crippen molar-refractivity contribution in [3.05, 3.63) is 35.9 Å². The Kier molecular flexibility index (Phi) is 4.82. The molecule has 0 unspecified atom stereocenters. The van der Waals surface area contributed by atoms with E-state index in [9.17, 15) is 5.11 Å². The molecule has 0 aromatic heterocycles. The first-order valence-electron chi connectivity index (χ1n) is 7.48. The van der Waals surface area contributed by atoms with Gasteiger partial charge in [-0.3, -0.25) is 0 Å². The highest BCUT2D eigenvalue weighted by Crippen LogP contribution is 2.36. The molecular formula is C17H26O. The van der Waals surface area contributed by atoms with Crippen LogP contribution in [0.4, 0.5) is 0 Å². The van der Waals surface area contributed by atoms with Gasteiger partial charge in [0.1, 0.15) is 0 Å². The molecule has 0 aliphatic heterocycles. The Hall–Kier alpha value is -0.820.